The summed E-state index contributed by atoms with van der Waals surface area (Å²) in [7, 11) is 0. The lowest BCUT2D eigenvalue weighted by Gasteiger charge is -2.18. The van der Waals surface area contributed by atoms with Gasteiger partial charge < -0.3 is 0 Å². The van der Waals surface area contributed by atoms with Crippen LogP contribution in [0.2, 0.25) is 0 Å². The van der Waals surface area contributed by atoms with E-state index in [1.54, 1.807) is 12.1 Å². The van der Waals surface area contributed by atoms with Crippen LogP contribution < -0.4 is 0 Å². The van der Waals surface area contributed by atoms with Gasteiger partial charge in [0.1, 0.15) is 5.92 Å². The smallest absolute Gasteiger partial charge is 0.178 e. The lowest BCUT2D eigenvalue weighted by atomic mass is 9.83. The number of ketones is 2. The van der Waals surface area contributed by atoms with Crippen molar-refractivity contribution in [3.8, 4) is 0 Å². The van der Waals surface area contributed by atoms with Gasteiger partial charge in [0.15, 0.2) is 11.6 Å². The van der Waals surface area contributed by atoms with Gasteiger partial charge in [-0.1, -0.05) is 30.3 Å². The summed E-state index contributed by atoms with van der Waals surface area (Å²) in [4.78, 5) is 25.4. The van der Waals surface area contributed by atoms with Crippen LogP contribution >= 0.6 is 0 Å². The molecule has 0 unspecified atom stereocenters. The fourth-order valence-electron chi connectivity index (χ4n) is 3.29. The Morgan fingerprint density at radius 2 is 1.19 bits per heavy atom. The fraction of sp³-hybridized carbons (Fsp3) is 0.263. The number of hydrogen-bond acceptors (Lipinski definition) is 2. The zero-order chi connectivity index (χ0) is 15.3. The number of carbonyl (C=O) groups excluding carboxylic acids is 2. The van der Waals surface area contributed by atoms with E-state index in [9.17, 15) is 9.59 Å². The molecule has 0 radical (unpaired) electrons. The summed E-state index contributed by atoms with van der Waals surface area (Å²) in [6.07, 6.45) is 0. The van der Waals surface area contributed by atoms with Gasteiger partial charge >= 0.3 is 0 Å². The van der Waals surface area contributed by atoms with E-state index in [0.717, 1.165) is 27.8 Å². The van der Waals surface area contributed by atoms with Crippen molar-refractivity contribution in [2.24, 2.45) is 0 Å². The fourth-order valence-corrected chi connectivity index (χ4v) is 3.29. The average Bonchev–Trinajstić information content (AvgIpc) is 2.71. The van der Waals surface area contributed by atoms with E-state index in [2.05, 4.69) is 6.07 Å². The van der Waals surface area contributed by atoms with Gasteiger partial charge in [-0.25, -0.2) is 0 Å². The van der Waals surface area contributed by atoms with E-state index < -0.39 is 5.92 Å². The molecule has 0 atom stereocenters. The lowest BCUT2D eigenvalue weighted by Crippen LogP contribution is -2.17. The van der Waals surface area contributed by atoms with E-state index in [-0.39, 0.29) is 11.6 Å². The van der Waals surface area contributed by atoms with Crippen LogP contribution in [0.3, 0.4) is 0 Å². The predicted octanol–water partition coefficient (Wildman–Crippen LogP) is 4.08. The van der Waals surface area contributed by atoms with Crippen molar-refractivity contribution in [2.75, 3.05) is 0 Å². The van der Waals surface area contributed by atoms with Gasteiger partial charge in [0.2, 0.25) is 0 Å². The molecule has 0 saturated heterocycles. The largest absolute Gasteiger partial charge is 0.293 e. The molecule has 0 heterocycles. The van der Waals surface area contributed by atoms with Crippen molar-refractivity contribution in [1.82, 2.24) is 0 Å². The van der Waals surface area contributed by atoms with Crippen LogP contribution in [0.15, 0.2) is 30.3 Å². The van der Waals surface area contributed by atoms with Crippen molar-refractivity contribution in [3.05, 3.63) is 69.3 Å². The normalized spacial score (nSPS) is 14.7. The SMILES string of the molecule is Cc1cc(C)c(C)c(C2C(=O)c3ccccc3C2=O)c1C. The summed E-state index contributed by atoms with van der Waals surface area (Å²) >= 11 is 0. The van der Waals surface area contributed by atoms with Crippen molar-refractivity contribution < 1.29 is 9.59 Å². The zero-order valence-corrected chi connectivity index (χ0v) is 12.8. The summed E-state index contributed by atoms with van der Waals surface area (Å²) in [5.41, 5.74) is 6.39. The number of benzene rings is 2. The van der Waals surface area contributed by atoms with E-state index >= 15 is 0 Å². The summed E-state index contributed by atoms with van der Waals surface area (Å²) < 4.78 is 0. The maximum absolute atomic E-state index is 12.7. The van der Waals surface area contributed by atoms with Crippen LogP contribution in [-0.2, 0) is 0 Å². The van der Waals surface area contributed by atoms with Gasteiger partial charge in [-0.2, -0.15) is 0 Å². The minimum absolute atomic E-state index is 0.0631. The van der Waals surface area contributed by atoms with Crippen molar-refractivity contribution in [2.45, 2.75) is 33.6 Å². The molecule has 0 amide bonds. The van der Waals surface area contributed by atoms with Gasteiger partial charge in [-0.05, 0) is 55.5 Å². The second kappa shape index (κ2) is 4.66. The Kier molecular flexibility index (Phi) is 3.05. The van der Waals surface area contributed by atoms with Crippen molar-refractivity contribution in [3.63, 3.8) is 0 Å². The topological polar surface area (TPSA) is 34.1 Å². The Balaban J connectivity index is 2.25. The molecule has 106 valence electrons. The van der Waals surface area contributed by atoms with Crippen LogP contribution in [-0.4, -0.2) is 11.6 Å². The number of carbonyl (C=O) groups is 2. The van der Waals surface area contributed by atoms with Gasteiger partial charge in [0.25, 0.3) is 0 Å². The van der Waals surface area contributed by atoms with E-state index in [1.165, 1.54) is 0 Å². The van der Waals surface area contributed by atoms with Gasteiger partial charge in [-0.3, -0.25) is 9.59 Å². The first kappa shape index (κ1) is 13.7. The Bertz CT molecular complexity index is 723. The second-order valence-corrected chi connectivity index (χ2v) is 5.88. The van der Waals surface area contributed by atoms with Crippen molar-refractivity contribution in [1.29, 1.82) is 0 Å². The predicted molar refractivity (Wildman–Crippen MR) is 83.2 cm³/mol. The molecule has 0 aliphatic heterocycles. The van der Waals surface area contributed by atoms with E-state index in [4.69, 9.17) is 0 Å². The first-order valence-corrected chi connectivity index (χ1v) is 7.18. The van der Waals surface area contributed by atoms with E-state index in [1.807, 2.05) is 39.8 Å². The lowest BCUT2D eigenvalue weighted by molar-refractivity contribution is 0.0889. The van der Waals surface area contributed by atoms with Crippen LogP contribution in [0.1, 0.15) is 54.5 Å². The highest BCUT2D eigenvalue weighted by Gasteiger charge is 2.40. The summed E-state index contributed by atoms with van der Waals surface area (Å²) in [5.74, 6) is -0.792. The molecule has 0 spiro atoms. The minimum atomic E-state index is -0.666. The highest BCUT2D eigenvalue weighted by Crippen LogP contribution is 2.38. The van der Waals surface area contributed by atoms with Crippen LogP contribution in [0.5, 0.6) is 0 Å². The third kappa shape index (κ3) is 1.86. The highest BCUT2D eigenvalue weighted by atomic mass is 16.2. The molecular weight excluding hydrogens is 260 g/mol. The van der Waals surface area contributed by atoms with Gasteiger partial charge in [-0.15, -0.1) is 0 Å². The first-order chi connectivity index (χ1) is 9.93. The van der Waals surface area contributed by atoms with Crippen LogP contribution in [0, 0.1) is 27.7 Å². The number of hydrogen-bond donors (Lipinski definition) is 0. The molecule has 0 fully saturated rings. The first-order valence-electron chi connectivity index (χ1n) is 7.18. The molecule has 2 heteroatoms. The number of fused-ring (bicyclic) bond motifs is 1. The third-order valence-corrected chi connectivity index (χ3v) is 4.70. The zero-order valence-electron chi connectivity index (χ0n) is 12.8. The highest BCUT2D eigenvalue weighted by molar-refractivity contribution is 6.30. The van der Waals surface area contributed by atoms with E-state index in [0.29, 0.717) is 11.1 Å². The molecule has 1 aliphatic carbocycles. The number of rotatable bonds is 1. The van der Waals surface area contributed by atoms with Crippen LogP contribution in [0.25, 0.3) is 0 Å². The molecule has 0 saturated carbocycles. The molecule has 0 bridgehead atoms. The maximum atomic E-state index is 12.7. The van der Waals surface area contributed by atoms with Crippen molar-refractivity contribution >= 4 is 11.6 Å². The molecule has 2 nitrogen and oxygen atoms in total. The molecule has 2 aromatic rings. The standard InChI is InChI=1S/C19H18O2/c1-10-9-11(2)13(4)16(12(10)3)17-18(20)14-7-5-6-8-15(14)19(17)21/h5-9,17H,1-4H3. The molecule has 2 aromatic carbocycles. The Hall–Kier alpha value is -2.22. The maximum Gasteiger partial charge on any atom is 0.178 e. The molecule has 1 aliphatic rings. The molecule has 0 N–H and O–H groups in total. The average molecular weight is 278 g/mol. The Morgan fingerprint density at radius 3 is 1.62 bits per heavy atom. The molecule has 21 heavy (non-hydrogen) atoms. The Morgan fingerprint density at radius 1 is 0.762 bits per heavy atom. The van der Waals surface area contributed by atoms with Gasteiger partial charge in [0.05, 0.1) is 0 Å². The monoisotopic (exact) mass is 278 g/mol. The minimum Gasteiger partial charge on any atom is -0.293 e. The third-order valence-electron chi connectivity index (χ3n) is 4.70. The quantitative estimate of drug-likeness (QED) is 0.736. The number of aryl methyl sites for hydroxylation is 2. The van der Waals surface area contributed by atoms with Crippen LogP contribution in [0.4, 0.5) is 0 Å². The molecular formula is C19H18O2. The summed E-state index contributed by atoms with van der Waals surface area (Å²) in [6, 6.07) is 9.25. The second-order valence-electron chi connectivity index (χ2n) is 5.88. The summed E-state index contributed by atoms with van der Waals surface area (Å²) in [6.45, 7) is 8.06. The molecule has 3 rings (SSSR count). The Labute approximate surface area is 124 Å². The number of Topliss-reactive ketones (excluding diaryl/α,β-unsaturated/α-hetero) is 2. The molecule has 0 aromatic heterocycles. The summed E-state index contributed by atoms with van der Waals surface area (Å²) in [5, 5.41) is 0. The van der Waals surface area contributed by atoms with Gasteiger partial charge in [0, 0.05) is 11.1 Å².